The lowest BCUT2D eigenvalue weighted by Gasteiger charge is -2.37. The molecule has 5 nitrogen and oxygen atoms in total. The van der Waals surface area contributed by atoms with Crippen LogP contribution in [0.3, 0.4) is 0 Å². The summed E-state index contributed by atoms with van der Waals surface area (Å²) in [5.41, 5.74) is 0. The first-order chi connectivity index (χ1) is 8.20. The van der Waals surface area contributed by atoms with E-state index in [1.165, 1.54) is 0 Å². The van der Waals surface area contributed by atoms with Crippen molar-refractivity contribution < 1.29 is 4.79 Å². The Morgan fingerprint density at radius 3 is 1.06 bits per heavy atom. The first-order valence-corrected chi connectivity index (χ1v) is 6.39. The van der Waals surface area contributed by atoms with Gasteiger partial charge in [-0.05, 0) is 56.4 Å². The molecule has 0 N–H and O–H groups in total. The summed E-state index contributed by atoms with van der Waals surface area (Å²) in [4.78, 5) is 21.1. The number of likely N-dealkylation sites (N-methyl/N-ethyl adjacent to an activating group) is 4. The first-order valence-electron chi connectivity index (χ1n) is 6.39. The molecule has 0 aromatic heterocycles. The molecule has 4 atom stereocenters. The van der Waals surface area contributed by atoms with Crippen LogP contribution in [0, 0.1) is 0 Å². The molecule has 1 aliphatic rings. The van der Waals surface area contributed by atoms with Crippen LogP contribution in [0.2, 0.25) is 0 Å². The third-order valence-corrected chi connectivity index (χ3v) is 3.89. The van der Waals surface area contributed by atoms with Crippen molar-refractivity contribution in [3.8, 4) is 0 Å². The van der Waals surface area contributed by atoms with Crippen LogP contribution in [0.15, 0.2) is 0 Å². The van der Waals surface area contributed by atoms with Gasteiger partial charge < -0.3 is 9.80 Å². The van der Waals surface area contributed by atoms with Crippen LogP contribution < -0.4 is 0 Å². The maximum Gasteiger partial charge on any atom is 0.170 e. The summed E-state index contributed by atoms with van der Waals surface area (Å²) in [6, 6.07) is 0.351. The van der Waals surface area contributed by atoms with E-state index in [1.54, 1.807) is 0 Å². The van der Waals surface area contributed by atoms with Crippen LogP contribution in [-0.4, -0.2) is 106 Å². The molecule has 4 unspecified atom stereocenters. The Hall–Kier alpha value is -0.490. The molecule has 1 rings (SSSR count). The smallest absolute Gasteiger partial charge is 0.170 e. The third kappa shape index (κ3) is 2.59. The zero-order valence-electron chi connectivity index (χ0n) is 13.0. The molecule has 18 heavy (non-hydrogen) atoms. The van der Waals surface area contributed by atoms with Crippen LogP contribution in [0.5, 0.6) is 0 Å². The van der Waals surface area contributed by atoms with E-state index >= 15 is 0 Å². The number of carbonyl (C=O) groups excluding carboxylic acids is 1. The van der Waals surface area contributed by atoms with Gasteiger partial charge in [-0.15, -0.1) is 0 Å². The summed E-state index contributed by atoms with van der Waals surface area (Å²) in [6.07, 6.45) is 0. The molecule has 1 fully saturated rings. The predicted molar refractivity (Wildman–Crippen MR) is 74.9 cm³/mol. The van der Waals surface area contributed by atoms with Gasteiger partial charge in [-0.2, -0.15) is 0 Å². The van der Waals surface area contributed by atoms with Crippen LogP contribution in [-0.2, 0) is 4.79 Å². The average molecular weight is 256 g/mol. The van der Waals surface area contributed by atoms with Gasteiger partial charge in [-0.1, -0.05) is 0 Å². The summed E-state index contributed by atoms with van der Waals surface area (Å²) < 4.78 is 0. The Morgan fingerprint density at radius 2 is 0.889 bits per heavy atom. The molecule has 106 valence electrons. The molecule has 1 saturated carbocycles. The summed E-state index contributed by atoms with van der Waals surface area (Å²) in [5.74, 6) is 0.322. The minimum Gasteiger partial charge on any atom is -0.303 e. The standard InChI is InChI=1S/C13H28N4O/c1-14(2)9-10(15(3)4)12(17(7)8)13(18)11(9)16(5)6/h9-12H,1-8H3. The van der Waals surface area contributed by atoms with E-state index in [2.05, 4.69) is 38.0 Å². The van der Waals surface area contributed by atoms with E-state index in [1.807, 2.05) is 38.0 Å². The van der Waals surface area contributed by atoms with Gasteiger partial charge >= 0.3 is 0 Å². The van der Waals surface area contributed by atoms with Crippen LogP contribution in [0.25, 0.3) is 0 Å². The molecule has 0 spiro atoms. The minimum absolute atomic E-state index is 0.0419. The van der Waals surface area contributed by atoms with Crippen molar-refractivity contribution in [2.45, 2.75) is 24.2 Å². The second-order valence-corrected chi connectivity index (χ2v) is 6.13. The Morgan fingerprint density at radius 1 is 0.611 bits per heavy atom. The number of Topliss-reactive ketones (excluding diaryl/α,β-unsaturated/α-hetero) is 1. The van der Waals surface area contributed by atoms with Crippen LogP contribution in [0.1, 0.15) is 0 Å². The van der Waals surface area contributed by atoms with Crippen molar-refractivity contribution in [3.05, 3.63) is 0 Å². The quantitative estimate of drug-likeness (QED) is 0.663. The van der Waals surface area contributed by atoms with E-state index < -0.39 is 0 Å². The number of carbonyl (C=O) groups is 1. The molecule has 0 saturated heterocycles. The second kappa shape index (κ2) is 5.65. The molecule has 0 bridgehead atoms. The Bertz CT molecular complexity index is 273. The maximum atomic E-state index is 12.7. The number of nitrogens with zero attached hydrogens (tertiary/aromatic N) is 4. The summed E-state index contributed by atoms with van der Waals surface area (Å²) in [6.45, 7) is 0. The third-order valence-electron chi connectivity index (χ3n) is 3.89. The van der Waals surface area contributed by atoms with Crippen molar-refractivity contribution in [1.29, 1.82) is 0 Å². The number of rotatable bonds is 4. The number of hydrogen-bond acceptors (Lipinski definition) is 5. The summed E-state index contributed by atoms with van der Waals surface area (Å²) in [7, 11) is 16.2. The van der Waals surface area contributed by atoms with Crippen molar-refractivity contribution in [2.75, 3.05) is 56.4 Å². The van der Waals surface area contributed by atoms with E-state index in [-0.39, 0.29) is 24.2 Å². The topological polar surface area (TPSA) is 30.0 Å². The molecular formula is C13H28N4O. The lowest BCUT2D eigenvalue weighted by Crippen LogP contribution is -2.55. The molecule has 0 heterocycles. The van der Waals surface area contributed by atoms with E-state index in [0.717, 1.165) is 0 Å². The van der Waals surface area contributed by atoms with E-state index in [0.29, 0.717) is 5.78 Å². The van der Waals surface area contributed by atoms with Crippen molar-refractivity contribution in [3.63, 3.8) is 0 Å². The molecule has 0 amide bonds. The van der Waals surface area contributed by atoms with Crippen molar-refractivity contribution in [1.82, 2.24) is 19.6 Å². The highest BCUT2D eigenvalue weighted by molar-refractivity contribution is 5.93. The highest BCUT2D eigenvalue weighted by Crippen LogP contribution is 2.29. The highest BCUT2D eigenvalue weighted by Gasteiger charge is 2.53. The molecule has 1 aliphatic carbocycles. The molecule has 0 radical (unpaired) electrons. The predicted octanol–water partition coefficient (Wildman–Crippen LogP) is -0.710. The van der Waals surface area contributed by atoms with Gasteiger partial charge in [0.15, 0.2) is 5.78 Å². The SMILES string of the molecule is CN(C)C1C(=O)C(N(C)C)C(N(C)C)C1N(C)C. The largest absolute Gasteiger partial charge is 0.303 e. The molecule has 0 aliphatic heterocycles. The fourth-order valence-corrected chi connectivity index (χ4v) is 3.18. The fourth-order valence-electron chi connectivity index (χ4n) is 3.18. The second-order valence-electron chi connectivity index (χ2n) is 6.13. The van der Waals surface area contributed by atoms with Crippen molar-refractivity contribution >= 4 is 5.78 Å². The fraction of sp³-hybridized carbons (Fsp3) is 0.923. The number of hydrogen-bond donors (Lipinski definition) is 0. The van der Waals surface area contributed by atoms with Gasteiger partial charge in [0.1, 0.15) is 0 Å². The van der Waals surface area contributed by atoms with Gasteiger partial charge in [0, 0.05) is 12.1 Å². The molecule has 0 aromatic carbocycles. The van der Waals surface area contributed by atoms with Gasteiger partial charge in [0.05, 0.1) is 12.1 Å². The van der Waals surface area contributed by atoms with Gasteiger partial charge in [0.2, 0.25) is 0 Å². The Balaban J connectivity index is 3.20. The van der Waals surface area contributed by atoms with Gasteiger partial charge in [-0.3, -0.25) is 14.6 Å². The maximum absolute atomic E-state index is 12.7. The molecule has 0 aromatic rings. The minimum atomic E-state index is -0.0419. The highest BCUT2D eigenvalue weighted by atomic mass is 16.1. The van der Waals surface area contributed by atoms with E-state index in [4.69, 9.17) is 0 Å². The van der Waals surface area contributed by atoms with Gasteiger partial charge in [-0.25, -0.2) is 0 Å². The van der Waals surface area contributed by atoms with E-state index in [9.17, 15) is 4.79 Å². The average Bonchev–Trinajstić information content (AvgIpc) is 2.51. The summed E-state index contributed by atoms with van der Waals surface area (Å²) in [5, 5.41) is 0. The monoisotopic (exact) mass is 256 g/mol. The van der Waals surface area contributed by atoms with Crippen molar-refractivity contribution in [2.24, 2.45) is 0 Å². The zero-order valence-corrected chi connectivity index (χ0v) is 13.0. The molecule has 5 heteroatoms. The normalized spacial score (nSPS) is 33.4. The Kier molecular flexibility index (Phi) is 4.89. The zero-order chi connectivity index (χ0) is 14.2. The van der Waals surface area contributed by atoms with Crippen LogP contribution >= 0.6 is 0 Å². The molecular weight excluding hydrogens is 228 g/mol. The lowest BCUT2D eigenvalue weighted by molar-refractivity contribution is -0.125. The van der Waals surface area contributed by atoms with Crippen LogP contribution in [0.4, 0.5) is 0 Å². The first kappa shape index (κ1) is 15.6. The lowest BCUT2D eigenvalue weighted by atomic mass is 10.1. The summed E-state index contributed by atoms with van der Waals surface area (Å²) >= 11 is 0. The number of ketones is 1. The Labute approximate surface area is 111 Å². The van der Waals surface area contributed by atoms with Gasteiger partial charge in [0.25, 0.3) is 0 Å².